The lowest BCUT2D eigenvalue weighted by Crippen LogP contribution is -2.37. The summed E-state index contributed by atoms with van der Waals surface area (Å²) in [6.07, 6.45) is 2.46. The number of hydrogen-bond donors (Lipinski definition) is 1. The number of aromatic nitrogens is 2. The Bertz CT molecular complexity index is 1480. The average Bonchev–Trinajstić information content (AvgIpc) is 3.61. The van der Waals surface area contributed by atoms with E-state index in [0.29, 0.717) is 18.3 Å². The van der Waals surface area contributed by atoms with Gasteiger partial charge in [-0.05, 0) is 117 Å². The number of benzene rings is 2. The fraction of sp³-hybridized carbons (Fsp3) is 0.556. The molecule has 1 aliphatic heterocycles. The molecule has 2 saturated carbocycles. The van der Waals surface area contributed by atoms with E-state index < -0.39 is 12.3 Å². The number of carbonyl (C=O) groups is 1. The summed E-state index contributed by atoms with van der Waals surface area (Å²) in [6.45, 7) is 5.54. The van der Waals surface area contributed by atoms with Gasteiger partial charge in [0, 0.05) is 31.1 Å². The summed E-state index contributed by atoms with van der Waals surface area (Å²) < 4.78 is 57.9. The van der Waals surface area contributed by atoms with Crippen LogP contribution in [-0.4, -0.2) is 51.8 Å². The number of alkyl halides is 3. The van der Waals surface area contributed by atoms with Crippen LogP contribution in [0.1, 0.15) is 86.2 Å². The zero-order valence-electron chi connectivity index (χ0n) is 26.3. The molecule has 0 bridgehead atoms. The van der Waals surface area contributed by atoms with Crippen LogP contribution >= 0.6 is 0 Å². The van der Waals surface area contributed by atoms with Gasteiger partial charge in [-0.25, -0.2) is 4.39 Å². The molecule has 0 radical (unpaired) electrons. The fourth-order valence-electron chi connectivity index (χ4n) is 7.97. The predicted octanol–water partition coefficient (Wildman–Crippen LogP) is 8.02. The number of halogens is 4. The second kappa shape index (κ2) is 13.8. The number of nitrogens with zero attached hydrogens (tertiary/aromatic N) is 3. The van der Waals surface area contributed by atoms with Crippen LogP contribution in [0.25, 0.3) is 0 Å². The van der Waals surface area contributed by atoms with Crippen LogP contribution in [0.4, 0.5) is 17.6 Å². The van der Waals surface area contributed by atoms with E-state index in [1.54, 1.807) is 24.3 Å². The fourth-order valence-corrected chi connectivity index (χ4v) is 7.97. The lowest BCUT2D eigenvalue weighted by molar-refractivity contribution is -0.274. The maximum Gasteiger partial charge on any atom is 0.573 e. The molecule has 3 aliphatic rings. The summed E-state index contributed by atoms with van der Waals surface area (Å²) in [6, 6.07) is 14.9. The Hall–Kier alpha value is -3.40. The van der Waals surface area contributed by atoms with Crippen molar-refractivity contribution in [2.45, 2.75) is 83.0 Å². The lowest BCUT2D eigenvalue weighted by atomic mass is 9.85. The van der Waals surface area contributed by atoms with Crippen molar-refractivity contribution < 1.29 is 32.2 Å². The van der Waals surface area contributed by atoms with Crippen molar-refractivity contribution in [1.82, 2.24) is 14.7 Å². The first-order valence-electron chi connectivity index (χ1n) is 16.7. The SMILES string of the molecule is CCn1nc(Cc2ccc(OC(F)(F)F)cc2)cc1C1CCN(CC2CC([C@H](CC3CC3)C(=O)O)CC2c2cccc(F)c2)CC1. The van der Waals surface area contributed by atoms with Crippen molar-refractivity contribution >= 4 is 5.97 Å². The third kappa shape index (κ3) is 8.11. The van der Waals surface area contributed by atoms with Gasteiger partial charge in [0.1, 0.15) is 11.6 Å². The molecule has 10 heteroatoms. The Morgan fingerprint density at radius 1 is 1.04 bits per heavy atom. The first-order valence-corrected chi connectivity index (χ1v) is 16.7. The van der Waals surface area contributed by atoms with Gasteiger partial charge in [-0.1, -0.05) is 37.1 Å². The van der Waals surface area contributed by atoms with Gasteiger partial charge in [0.25, 0.3) is 0 Å². The summed E-state index contributed by atoms with van der Waals surface area (Å²) in [5, 5.41) is 14.9. The number of likely N-dealkylation sites (tertiary alicyclic amines) is 1. The van der Waals surface area contributed by atoms with E-state index >= 15 is 0 Å². The molecule has 1 saturated heterocycles. The van der Waals surface area contributed by atoms with Crippen molar-refractivity contribution in [2.75, 3.05) is 19.6 Å². The van der Waals surface area contributed by atoms with Crippen molar-refractivity contribution in [3.05, 3.63) is 82.9 Å². The number of piperidine rings is 1. The lowest BCUT2D eigenvalue weighted by Gasteiger charge is -2.35. The topological polar surface area (TPSA) is 67.6 Å². The molecule has 0 amide bonds. The van der Waals surface area contributed by atoms with Crippen molar-refractivity contribution in [3.8, 4) is 5.75 Å². The van der Waals surface area contributed by atoms with Crippen LogP contribution in [0, 0.1) is 29.5 Å². The Labute approximate surface area is 267 Å². The average molecular weight is 642 g/mol. The summed E-state index contributed by atoms with van der Waals surface area (Å²) in [5.41, 5.74) is 3.93. The highest BCUT2D eigenvalue weighted by molar-refractivity contribution is 5.70. The van der Waals surface area contributed by atoms with Crippen LogP contribution in [0.2, 0.25) is 0 Å². The molecule has 4 atom stereocenters. The highest BCUT2D eigenvalue weighted by Gasteiger charge is 2.44. The number of aliphatic carboxylic acids is 1. The molecular weight excluding hydrogens is 598 g/mol. The van der Waals surface area contributed by atoms with Gasteiger partial charge in [0.05, 0.1) is 11.6 Å². The van der Waals surface area contributed by atoms with E-state index in [0.717, 1.165) is 87.9 Å². The summed E-state index contributed by atoms with van der Waals surface area (Å²) >= 11 is 0. The minimum atomic E-state index is -4.71. The number of rotatable bonds is 12. The molecule has 1 aromatic heterocycles. The Morgan fingerprint density at radius 2 is 1.78 bits per heavy atom. The third-order valence-electron chi connectivity index (χ3n) is 10.4. The maximum atomic E-state index is 14.3. The molecule has 6 nitrogen and oxygen atoms in total. The molecule has 3 aromatic rings. The molecule has 6 rings (SSSR count). The number of hydrogen-bond acceptors (Lipinski definition) is 4. The van der Waals surface area contributed by atoms with Gasteiger partial charge in [0.15, 0.2) is 0 Å². The zero-order valence-corrected chi connectivity index (χ0v) is 26.3. The first kappa shape index (κ1) is 32.5. The van der Waals surface area contributed by atoms with Crippen LogP contribution in [0.5, 0.6) is 5.75 Å². The van der Waals surface area contributed by atoms with E-state index in [1.165, 1.54) is 23.9 Å². The molecule has 3 unspecified atom stereocenters. The first-order chi connectivity index (χ1) is 22.0. The molecular formula is C36H43F4N3O3. The summed E-state index contributed by atoms with van der Waals surface area (Å²) in [7, 11) is 0. The van der Waals surface area contributed by atoms with E-state index in [2.05, 4.69) is 22.6 Å². The Balaban J connectivity index is 1.09. The van der Waals surface area contributed by atoms with Crippen LogP contribution in [-0.2, 0) is 17.8 Å². The molecule has 0 spiro atoms. The molecule has 2 heterocycles. The molecule has 3 fully saturated rings. The monoisotopic (exact) mass is 641 g/mol. The van der Waals surface area contributed by atoms with Crippen LogP contribution in [0.3, 0.4) is 0 Å². The van der Waals surface area contributed by atoms with Crippen molar-refractivity contribution in [3.63, 3.8) is 0 Å². The Kier molecular flexibility index (Phi) is 9.73. The van der Waals surface area contributed by atoms with Gasteiger partial charge >= 0.3 is 12.3 Å². The largest absolute Gasteiger partial charge is 0.573 e. The van der Waals surface area contributed by atoms with Crippen molar-refractivity contribution in [1.29, 1.82) is 0 Å². The van der Waals surface area contributed by atoms with E-state index in [4.69, 9.17) is 5.10 Å². The van der Waals surface area contributed by atoms with E-state index in [9.17, 15) is 27.5 Å². The normalized spacial score (nSPS) is 23.5. The predicted molar refractivity (Wildman–Crippen MR) is 166 cm³/mol. The van der Waals surface area contributed by atoms with Gasteiger partial charge < -0.3 is 14.7 Å². The van der Waals surface area contributed by atoms with E-state index in [1.807, 2.05) is 10.7 Å². The quantitative estimate of drug-likeness (QED) is 0.203. The van der Waals surface area contributed by atoms with Gasteiger partial charge in [0.2, 0.25) is 0 Å². The smallest absolute Gasteiger partial charge is 0.481 e. The van der Waals surface area contributed by atoms with Crippen molar-refractivity contribution in [2.24, 2.45) is 23.7 Å². The van der Waals surface area contributed by atoms with Gasteiger partial charge in [-0.15, -0.1) is 13.2 Å². The minimum Gasteiger partial charge on any atom is -0.481 e. The zero-order chi connectivity index (χ0) is 32.4. The summed E-state index contributed by atoms with van der Waals surface area (Å²) in [5.74, 6) is -0.0505. The van der Waals surface area contributed by atoms with E-state index in [-0.39, 0.29) is 35.2 Å². The molecule has 2 aliphatic carbocycles. The second-order valence-corrected chi connectivity index (χ2v) is 13.6. The van der Waals surface area contributed by atoms with Crippen LogP contribution in [0.15, 0.2) is 54.6 Å². The highest BCUT2D eigenvalue weighted by atomic mass is 19.4. The number of ether oxygens (including phenoxy) is 1. The van der Waals surface area contributed by atoms with Crippen LogP contribution < -0.4 is 4.74 Å². The number of carboxylic acid groups (broad SMARTS) is 1. The highest BCUT2D eigenvalue weighted by Crippen LogP contribution is 2.50. The molecule has 248 valence electrons. The maximum absolute atomic E-state index is 14.3. The number of carboxylic acids is 1. The molecule has 46 heavy (non-hydrogen) atoms. The third-order valence-corrected chi connectivity index (χ3v) is 10.4. The minimum absolute atomic E-state index is 0.111. The van der Waals surface area contributed by atoms with Gasteiger partial charge in [-0.2, -0.15) is 5.10 Å². The molecule has 2 aromatic carbocycles. The van der Waals surface area contributed by atoms with Gasteiger partial charge in [-0.3, -0.25) is 9.48 Å². The number of aryl methyl sites for hydroxylation is 1. The Morgan fingerprint density at radius 3 is 2.41 bits per heavy atom. The second-order valence-electron chi connectivity index (χ2n) is 13.6. The molecule has 1 N–H and O–H groups in total. The standard InChI is InChI=1S/C36H43F4N3O3/c1-2-43-34(21-30(41-43)16-23-8-10-31(11-9-23)46-36(38,39)40)25-12-14-42(15-13-25)22-28-18-27(33(35(44)45)17-24-6-7-24)20-32(28)26-4-3-5-29(37)19-26/h3-5,8-11,19,21,24-25,27-28,32-33H,2,6-7,12-18,20,22H2,1H3,(H,44,45)/t27?,28?,32?,33-/m0/s1. The summed E-state index contributed by atoms with van der Waals surface area (Å²) in [4.78, 5) is 14.8.